The van der Waals surface area contributed by atoms with Gasteiger partial charge in [-0.2, -0.15) is 5.26 Å². The molecule has 2 aromatic heterocycles. The summed E-state index contributed by atoms with van der Waals surface area (Å²) in [6.45, 7) is 4.49. The van der Waals surface area contributed by atoms with Crippen molar-refractivity contribution in [1.29, 1.82) is 5.26 Å². The number of nitriles is 1. The summed E-state index contributed by atoms with van der Waals surface area (Å²) in [5, 5.41) is 16.2. The van der Waals surface area contributed by atoms with Gasteiger partial charge in [0, 0.05) is 63.3 Å². The number of benzene rings is 1. The number of methoxy groups -OCH3 is 1. The zero-order chi connectivity index (χ0) is 25.9. The number of fused-ring (bicyclic) bond motifs is 1. The largest absolute Gasteiger partial charge is 0.495 e. The number of ether oxygens (including phenoxy) is 2. The third-order valence-corrected chi connectivity index (χ3v) is 7.13. The van der Waals surface area contributed by atoms with Gasteiger partial charge in [-0.15, -0.1) is 0 Å². The van der Waals surface area contributed by atoms with E-state index in [0.29, 0.717) is 58.7 Å². The van der Waals surface area contributed by atoms with Crippen molar-refractivity contribution >= 4 is 34.1 Å². The van der Waals surface area contributed by atoms with E-state index in [1.54, 1.807) is 24.2 Å². The highest BCUT2D eigenvalue weighted by Gasteiger charge is 2.30. The first-order chi connectivity index (χ1) is 18.0. The normalized spacial score (nSPS) is 17.0. The Bertz CT molecular complexity index is 1340. The number of aromatic nitrogens is 2. The van der Waals surface area contributed by atoms with E-state index in [9.17, 15) is 10.1 Å². The number of likely N-dealkylation sites (tertiary alicyclic amines) is 1. The van der Waals surface area contributed by atoms with Gasteiger partial charge in [-0.25, -0.2) is 9.37 Å². The Labute approximate surface area is 214 Å². The summed E-state index contributed by atoms with van der Waals surface area (Å²) < 4.78 is 26.2. The maximum Gasteiger partial charge on any atom is 0.256 e. The smallest absolute Gasteiger partial charge is 0.256 e. The lowest BCUT2D eigenvalue weighted by molar-refractivity contribution is 0.00154. The van der Waals surface area contributed by atoms with Crippen LogP contribution < -0.4 is 15.4 Å². The first-order valence-corrected chi connectivity index (χ1v) is 12.4. The molecule has 0 spiro atoms. The van der Waals surface area contributed by atoms with Crippen LogP contribution in [0.2, 0.25) is 0 Å². The van der Waals surface area contributed by atoms with E-state index in [1.165, 1.54) is 19.2 Å². The minimum Gasteiger partial charge on any atom is -0.495 e. The average molecular weight is 508 g/mol. The molecule has 0 atom stereocenters. The Morgan fingerprint density at radius 2 is 1.97 bits per heavy atom. The molecule has 2 aliphatic rings. The van der Waals surface area contributed by atoms with E-state index < -0.39 is 5.82 Å². The lowest BCUT2D eigenvalue weighted by atomic mass is 10.0. The van der Waals surface area contributed by atoms with Crippen LogP contribution in [0.15, 0.2) is 24.4 Å². The number of rotatable bonds is 6. The van der Waals surface area contributed by atoms with Gasteiger partial charge in [0.1, 0.15) is 29.1 Å². The van der Waals surface area contributed by atoms with Crippen molar-refractivity contribution in [3.8, 4) is 11.8 Å². The molecule has 0 saturated carbocycles. The van der Waals surface area contributed by atoms with Crippen molar-refractivity contribution in [2.45, 2.75) is 18.9 Å². The minimum absolute atomic E-state index is 0.0189. The third-order valence-electron chi connectivity index (χ3n) is 7.13. The Kier molecular flexibility index (Phi) is 7.12. The highest BCUT2D eigenvalue weighted by Crippen LogP contribution is 2.34. The molecule has 1 amide bonds. The fraction of sp³-hybridized carbons (Fsp3) is 0.423. The van der Waals surface area contributed by atoms with Gasteiger partial charge >= 0.3 is 0 Å². The molecule has 5 rings (SSSR count). The number of carbonyl (C=O) groups excluding carboxylic acids is 1. The van der Waals surface area contributed by atoms with Crippen molar-refractivity contribution < 1.29 is 18.7 Å². The number of hydrogen-bond acceptors (Lipinski definition) is 8. The fourth-order valence-corrected chi connectivity index (χ4v) is 5.15. The number of hydrogen-bond donors (Lipinski definition) is 3. The summed E-state index contributed by atoms with van der Waals surface area (Å²) in [4.78, 5) is 24.9. The number of carbonyl (C=O) groups is 1. The Morgan fingerprint density at radius 1 is 1.22 bits per heavy atom. The minimum atomic E-state index is -0.634. The molecule has 3 aromatic rings. The first-order valence-electron chi connectivity index (χ1n) is 12.4. The highest BCUT2D eigenvalue weighted by molar-refractivity contribution is 5.97. The van der Waals surface area contributed by atoms with E-state index in [4.69, 9.17) is 9.47 Å². The predicted octanol–water partition coefficient (Wildman–Crippen LogP) is 3.30. The monoisotopic (exact) mass is 507 g/mol. The van der Waals surface area contributed by atoms with Crippen LogP contribution in [-0.2, 0) is 4.74 Å². The van der Waals surface area contributed by atoms with Crippen molar-refractivity contribution in [1.82, 2.24) is 19.8 Å². The lowest BCUT2D eigenvalue weighted by Crippen LogP contribution is -2.50. The van der Waals surface area contributed by atoms with Gasteiger partial charge in [0.05, 0.1) is 42.5 Å². The average Bonchev–Trinajstić information content (AvgIpc) is 3.36. The van der Waals surface area contributed by atoms with Crippen LogP contribution in [-0.4, -0.2) is 85.3 Å². The number of nitrogens with one attached hydrogen (secondary N) is 3. The molecule has 2 fully saturated rings. The summed E-state index contributed by atoms with van der Waals surface area (Å²) in [7, 11) is 3.22. The number of morpholine rings is 1. The second-order valence-corrected chi connectivity index (χ2v) is 9.17. The maximum absolute atomic E-state index is 15.2. The molecule has 0 radical (unpaired) electrons. The predicted molar refractivity (Wildman–Crippen MR) is 138 cm³/mol. The van der Waals surface area contributed by atoms with E-state index in [2.05, 4.69) is 31.6 Å². The number of anilines is 3. The molecule has 194 valence electrons. The molecule has 2 saturated heterocycles. The Hall–Kier alpha value is -3.88. The number of piperidine rings is 1. The van der Waals surface area contributed by atoms with Crippen molar-refractivity contribution in [3.63, 3.8) is 0 Å². The van der Waals surface area contributed by atoms with Crippen LogP contribution >= 0.6 is 0 Å². The number of H-pyrrole nitrogens is 1. The van der Waals surface area contributed by atoms with Gasteiger partial charge < -0.3 is 30.0 Å². The summed E-state index contributed by atoms with van der Waals surface area (Å²) in [6.07, 6.45) is 3.31. The van der Waals surface area contributed by atoms with Crippen LogP contribution in [0.1, 0.15) is 28.8 Å². The second kappa shape index (κ2) is 10.6. The Balaban J connectivity index is 1.34. The van der Waals surface area contributed by atoms with E-state index in [-0.39, 0.29) is 11.5 Å². The molecule has 11 heteroatoms. The molecule has 4 heterocycles. The summed E-state index contributed by atoms with van der Waals surface area (Å²) >= 11 is 0. The molecule has 2 aliphatic heterocycles. The topological polar surface area (TPSA) is 119 Å². The molecule has 3 N–H and O–H groups in total. The first kappa shape index (κ1) is 24.8. The van der Waals surface area contributed by atoms with Crippen molar-refractivity contribution in [3.05, 3.63) is 41.3 Å². The molecule has 1 aromatic carbocycles. The number of halogens is 1. The van der Waals surface area contributed by atoms with Crippen molar-refractivity contribution in [2.24, 2.45) is 0 Å². The molecule has 0 aliphatic carbocycles. The Morgan fingerprint density at radius 3 is 2.65 bits per heavy atom. The van der Waals surface area contributed by atoms with E-state index in [1.807, 2.05) is 0 Å². The van der Waals surface area contributed by atoms with E-state index in [0.717, 1.165) is 39.1 Å². The molecular formula is C26H30FN7O3. The summed E-state index contributed by atoms with van der Waals surface area (Å²) in [5.41, 5.74) is 1.99. The van der Waals surface area contributed by atoms with Crippen molar-refractivity contribution in [2.75, 3.05) is 64.2 Å². The number of nitrogens with zero attached hydrogens (tertiary/aromatic N) is 4. The summed E-state index contributed by atoms with van der Waals surface area (Å²) in [6, 6.07) is 6.99. The van der Waals surface area contributed by atoms with Gasteiger partial charge in [-0.3, -0.25) is 9.69 Å². The molecule has 0 unspecified atom stereocenters. The van der Waals surface area contributed by atoms with Gasteiger partial charge in [-0.1, -0.05) is 0 Å². The van der Waals surface area contributed by atoms with Crippen LogP contribution in [0.4, 0.5) is 21.6 Å². The number of pyridine rings is 1. The molecular weight excluding hydrogens is 477 g/mol. The lowest BCUT2D eigenvalue weighted by Gasteiger charge is -2.40. The van der Waals surface area contributed by atoms with Gasteiger partial charge in [0.15, 0.2) is 0 Å². The fourth-order valence-electron chi connectivity index (χ4n) is 5.15. The highest BCUT2D eigenvalue weighted by atomic mass is 19.1. The van der Waals surface area contributed by atoms with Crippen LogP contribution in [0, 0.1) is 17.1 Å². The number of aromatic amines is 1. The number of amides is 1. The standard InChI is InChI=1S/C26H30FN7O3/c1-29-21-13-23(32-25-24(21)16(14-28)15-30-25)31-20-12-19(27)18(11-22(20)36-2)26(35)34-5-3-17(4-6-34)33-7-9-37-10-8-33/h11-13,15,17H,3-10H2,1-2H3,(H3,29,30,31,32). The van der Waals surface area contributed by atoms with Crippen LogP contribution in [0.3, 0.4) is 0 Å². The second-order valence-electron chi connectivity index (χ2n) is 9.17. The van der Waals surface area contributed by atoms with Crippen LogP contribution in [0.25, 0.3) is 11.0 Å². The zero-order valence-electron chi connectivity index (χ0n) is 20.9. The molecule has 10 nitrogen and oxygen atoms in total. The van der Waals surface area contributed by atoms with Crippen LogP contribution in [0.5, 0.6) is 5.75 Å². The zero-order valence-corrected chi connectivity index (χ0v) is 20.9. The summed E-state index contributed by atoms with van der Waals surface area (Å²) in [5.74, 6) is -0.226. The van der Waals surface area contributed by atoms with E-state index >= 15 is 4.39 Å². The van der Waals surface area contributed by atoms with Gasteiger partial charge in [0.2, 0.25) is 0 Å². The molecule has 0 bridgehead atoms. The molecule has 37 heavy (non-hydrogen) atoms. The maximum atomic E-state index is 15.2. The quantitative estimate of drug-likeness (QED) is 0.465. The van der Waals surface area contributed by atoms with Gasteiger partial charge in [0.25, 0.3) is 5.91 Å². The van der Waals surface area contributed by atoms with Gasteiger partial charge in [-0.05, 0) is 18.9 Å². The SMILES string of the molecule is CNc1cc(Nc2cc(F)c(C(=O)N3CCC(N4CCOCC4)CC3)cc2OC)nc2[nH]cc(C#N)c12. The third kappa shape index (κ3) is 4.90.